The molecular formula is C15H22N6O3. The number of carbonyl (C=O) groups is 1. The van der Waals surface area contributed by atoms with Gasteiger partial charge < -0.3 is 4.90 Å². The van der Waals surface area contributed by atoms with Crippen molar-refractivity contribution in [1.29, 1.82) is 0 Å². The van der Waals surface area contributed by atoms with Crippen LogP contribution in [0.25, 0.3) is 0 Å². The summed E-state index contributed by atoms with van der Waals surface area (Å²) in [6.07, 6.45) is 1.59. The fraction of sp³-hybridized carbons (Fsp3) is 0.533. The molecular weight excluding hydrogens is 312 g/mol. The molecule has 9 nitrogen and oxygen atoms in total. The second-order valence-corrected chi connectivity index (χ2v) is 5.89. The van der Waals surface area contributed by atoms with Crippen molar-refractivity contribution < 1.29 is 9.72 Å². The lowest BCUT2D eigenvalue weighted by Crippen LogP contribution is -2.27. The quantitative estimate of drug-likeness (QED) is 0.589. The maximum absolute atomic E-state index is 12.3. The van der Waals surface area contributed by atoms with Gasteiger partial charge in [0.1, 0.15) is 11.9 Å². The minimum absolute atomic E-state index is 0.0302. The van der Waals surface area contributed by atoms with E-state index in [1.807, 2.05) is 20.9 Å². The Morgan fingerprint density at radius 1 is 1.29 bits per heavy atom. The van der Waals surface area contributed by atoms with Gasteiger partial charge in [-0.15, -0.1) is 0 Å². The lowest BCUT2D eigenvalue weighted by Gasteiger charge is -2.17. The first-order chi connectivity index (χ1) is 11.2. The van der Waals surface area contributed by atoms with Crippen LogP contribution in [0.15, 0.2) is 6.20 Å². The fourth-order valence-corrected chi connectivity index (χ4v) is 2.57. The van der Waals surface area contributed by atoms with Crippen molar-refractivity contribution in [3.8, 4) is 0 Å². The van der Waals surface area contributed by atoms with Crippen LogP contribution in [-0.4, -0.2) is 42.3 Å². The van der Waals surface area contributed by atoms with E-state index in [1.54, 1.807) is 23.6 Å². The molecule has 0 N–H and O–H groups in total. The minimum atomic E-state index is -0.471. The largest absolute Gasteiger partial charge is 0.341 e. The number of hydrogen-bond donors (Lipinski definition) is 0. The highest BCUT2D eigenvalue weighted by Crippen LogP contribution is 2.16. The van der Waals surface area contributed by atoms with Gasteiger partial charge in [0, 0.05) is 44.9 Å². The van der Waals surface area contributed by atoms with Gasteiger partial charge in [-0.05, 0) is 20.8 Å². The number of aromatic nitrogens is 4. The van der Waals surface area contributed by atoms with E-state index >= 15 is 0 Å². The third-order valence-corrected chi connectivity index (χ3v) is 4.15. The molecule has 0 saturated carbocycles. The zero-order valence-corrected chi connectivity index (χ0v) is 14.6. The molecule has 0 spiro atoms. The molecule has 0 aliphatic carbocycles. The summed E-state index contributed by atoms with van der Waals surface area (Å²) >= 11 is 0. The van der Waals surface area contributed by atoms with Crippen LogP contribution < -0.4 is 0 Å². The summed E-state index contributed by atoms with van der Waals surface area (Å²) in [4.78, 5) is 24.3. The first-order valence-corrected chi connectivity index (χ1v) is 7.62. The topological polar surface area (TPSA) is 99.1 Å². The van der Waals surface area contributed by atoms with Crippen LogP contribution >= 0.6 is 0 Å². The Balaban J connectivity index is 1.97. The Kier molecular flexibility index (Phi) is 5.01. The number of amides is 1. The lowest BCUT2D eigenvalue weighted by atomic mass is 10.2. The second-order valence-electron chi connectivity index (χ2n) is 5.89. The maximum atomic E-state index is 12.3. The molecule has 24 heavy (non-hydrogen) atoms. The second kappa shape index (κ2) is 6.81. The molecule has 0 aromatic carbocycles. The smallest absolute Gasteiger partial charge is 0.309 e. The summed E-state index contributed by atoms with van der Waals surface area (Å²) in [6.45, 7) is 6.27. The molecule has 0 radical (unpaired) electrons. The van der Waals surface area contributed by atoms with Crippen molar-refractivity contribution in [3.63, 3.8) is 0 Å². The van der Waals surface area contributed by atoms with Crippen molar-refractivity contribution in [1.82, 2.24) is 24.5 Å². The van der Waals surface area contributed by atoms with Crippen molar-refractivity contribution in [2.24, 2.45) is 7.05 Å². The molecule has 0 bridgehead atoms. The predicted molar refractivity (Wildman–Crippen MR) is 87.4 cm³/mol. The lowest BCUT2D eigenvalue weighted by molar-refractivity contribution is -0.385. The highest BCUT2D eigenvalue weighted by atomic mass is 16.6. The van der Waals surface area contributed by atoms with Crippen LogP contribution in [0.4, 0.5) is 5.69 Å². The van der Waals surface area contributed by atoms with Gasteiger partial charge in [0.05, 0.1) is 10.6 Å². The van der Waals surface area contributed by atoms with E-state index in [-0.39, 0.29) is 18.0 Å². The number of rotatable bonds is 6. The normalized spacial score (nSPS) is 10.9. The number of aryl methyl sites for hydroxylation is 4. The van der Waals surface area contributed by atoms with Crippen LogP contribution in [0.1, 0.15) is 29.1 Å². The fourth-order valence-electron chi connectivity index (χ4n) is 2.57. The van der Waals surface area contributed by atoms with Crippen LogP contribution in [0.5, 0.6) is 0 Å². The van der Waals surface area contributed by atoms with Crippen molar-refractivity contribution >= 4 is 11.6 Å². The summed E-state index contributed by atoms with van der Waals surface area (Å²) in [6, 6.07) is 0. The van der Waals surface area contributed by atoms with Crippen molar-refractivity contribution in [2.45, 2.75) is 40.3 Å². The Hall–Kier alpha value is -2.71. The van der Waals surface area contributed by atoms with Crippen molar-refractivity contribution in [2.75, 3.05) is 7.05 Å². The maximum Gasteiger partial charge on any atom is 0.309 e. The molecule has 0 aliphatic rings. The third kappa shape index (κ3) is 3.61. The predicted octanol–water partition coefficient (Wildman–Crippen LogP) is 1.50. The monoisotopic (exact) mass is 334 g/mol. The first-order valence-electron chi connectivity index (χ1n) is 7.62. The number of nitrogens with zero attached hydrogens (tertiary/aromatic N) is 6. The molecule has 0 atom stereocenters. The standard InChI is InChI=1S/C15H22N6O3/c1-10-13(12(3)19(5)16-10)8-18(4)15(22)6-7-20-9-14(21(23)24)11(2)17-20/h9H,6-8H2,1-5H3. The molecule has 2 heterocycles. The average molecular weight is 334 g/mol. The van der Waals surface area contributed by atoms with E-state index in [0.29, 0.717) is 18.8 Å². The Morgan fingerprint density at radius 2 is 1.96 bits per heavy atom. The SMILES string of the molecule is Cc1nn(CCC(=O)N(C)Cc2c(C)nn(C)c2C)cc1[N+](=O)[O-]. The van der Waals surface area contributed by atoms with Crippen LogP contribution in [-0.2, 0) is 24.9 Å². The Labute approximate surface area is 140 Å². The van der Waals surface area contributed by atoms with Gasteiger partial charge in [-0.3, -0.25) is 24.3 Å². The zero-order valence-electron chi connectivity index (χ0n) is 14.6. The Bertz CT molecular complexity index is 777. The van der Waals surface area contributed by atoms with Gasteiger partial charge in [-0.25, -0.2) is 0 Å². The minimum Gasteiger partial charge on any atom is -0.341 e. The van der Waals surface area contributed by atoms with E-state index < -0.39 is 4.92 Å². The highest BCUT2D eigenvalue weighted by Gasteiger charge is 2.18. The molecule has 2 rings (SSSR count). The summed E-state index contributed by atoms with van der Waals surface area (Å²) in [7, 11) is 3.62. The van der Waals surface area contributed by atoms with Crippen LogP contribution in [0.3, 0.4) is 0 Å². The van der Waals surface area contributed by atoms with E-state index in [2.05, 4.69) is 10.2 Å². The zero-order chi connectivity index (χ0) is 18.0. The molecule has 130 valence electrons. The van der Waals surface area contributed by atoms with Gasteiger partial charge in [-0.1, -0.05) is 0 Å². The average Bonchev–Trinajstić information content (AvgIpc) is 2.99. The van der Waals surface area contributed by atoms with Crippen LogP contribution in [0, 0.1) is 30.9 Å². The Morgan fingerprint density at radius 3 is 2.46 bits per heavy atom. The summed E-state index contributed by atoms with van der Waals surface area (Å²) in [5, 5.41) is 19.2. The summed E-state index contributed by atoms with van der Waals surface area (Å²) in [5.74, 6) is -0.0477. The van der Waals surface area contributed by atoms with Gasteiger partial charge in [-0.2, -0.15) is 10.2 Å². The van der Waals surface area contributed by atoms with E-state index in [1.165, 1.54) is 10.9 Å². The van der Waals surface area contributed by atoms with Gasteiger partial charge in [0.15, 0.2) is 0 Å². The van der Waals surface area contributed by atoms with Crippen LogP contribution in [0.2, 0.25) is 0 Å². The number of carbonyl (C=O) groups excluding carboxylic acids is 1. The molecule has 0 unspecified atom stereocenters. The molecule has 2 aromatic rings. The van der Waals surface area contributed by atoms with E-state index in [4.69, 9.17) is 0 Å². The van der Waals surface area contributed by atoms with Crippen molar-refractivity contribution in [3.05, 3.63) is 39.0 Å². The summed E-state index contributed by atoms with van der Waals surface area (Å²) < 4.78 is 3.24. The molecule has 0 aliphatic heterocycles. The van der Waals surface area contributed by atoms with E-state index in [0.717, 1.165) is 17.0 Å². The molecule has 0 fully saturated rings. The molecule has 2 aromatic heterocycles. The van der Waals surface area contributed by atoms with Gasteiger partial charge in [0.2, 0.25) is 5.91 Å². The van der Waals surface area contributed by atoms with E-state index in [9.17, 15) is 14.9 Å². The highest BCUT2D eigenvalue weighted by molar-refractivity contribution is 5.75. The molecule has 1 amide bonds. The first kappa shape index (κ1) is 17.6. The molecule has 9 heteroatoms. The third-order valence-electron chi connectivity index (χ3n) is 4.15. The number of hydrogen-bond acceptors (Lipinski definition) is 5. The summed E-state index contributed by atoms with van der Waals surface area (Å²) in [5.41, 5.74) is 3.30. The van der Waals surface area contributed by atoms with Gasteiger partial charge in [0.25, 0.3) is 0 Å². The number of nitro groups is 1. The molecule has 0 saturated heterocycles. The van der Waals surface area contributed by atoms with Gasteiger partial charge >= 0.3 is 5.69 Å².